The first-order chi connectivity index (χ1) is 15.7. The maximum absolute atomic E-state index is 6.10. The minimum Gasteiger partial charge on any atom is -0.491 e. The highest BCUT2D eigenvalue weighted by Crippen LogP contribution is 2.22. The molecule has 7 nitrogen and oxygen atoms in total. The van der Waals surface area contributed by atoms with Crippen molar-refractivity contribution in [3.63, 3.8) is 0 Å². The number of aromatic nitrogens is 2. The highest BCUT2D eigenvalue weighted by Gasteiger charge is 2.17. The molecule has 1 fully saturated rings. The zero-order chi connectivity index (χ0) is 22.2. The van der Waals surface area contributed by atoms with Crippen molar-refractivity contribution in [1.82, 2.24) is 20.6 Å². The Hall–Kier alpha value is -3.32. The average Bonchev–Trinajstić information content (AvgIpc) is 3.52. The van der Waals surface area contributed by atoms with E-state index in [-0.39, 0.29) is 6.10 Å². The van der Waals surface area contributed by atoms with Gasteiger partial charge in [0.05, 0.1) is 24.5 Å². The molecule has 1 unspecified atom stereocenters. The van der Waals surface area contributed by atoms with E-state index in [9.17, 15) is 0 Å². The molecule has 168 valence electrons. The number of benzene rings is 2. The molecule has 1 saturated heterocycles. The molecule has 0 radical (unpaired) electrons. The highest BCUT2D eigenvalue weighted by atomic mass is 16.5. The van der Waals surface area contributed by atoms with Crippen LogP contribution in [0.3, 0.4) is 0 Å². The van der Waals surface area contributed by atoms with Gasteiger partial charge in [-0.25, -0.2) is 4.98 Å². The van der Waals surface area contributed by atoms with E-state index < -0.39 is 0 Å². The lowest BCUT2D eigenvalue weighted by Gasteiger charge is -2.17. The first-order valence-corrected chi connectivity index (χ1v) is 11.1. The number of hydrogen-bond acceptors (Lipinski definition) is 4. The normalized spacial score (nSPS) is 16.2. The Bertz CT molecular complexity index is 1030. The van der Waals surface area contributed by atoms with Crippen molar-refractivity contribution in [3.05, 3.63) is 71.7 Å². The van der Waals surface area contributed by atoms with Gasteiger partial charge >= 0.3 is 0 Å². The van der Waals surface area contributed by atoms with Gasteiger partial charge in [-0.15, -0.1) is 0 Å². The van der Waals surface area contributed by atoms with Gasteiger partial charge in [0.2, 0.25) is 0 Å². The van der Waals surface area contributed by atoms with Gasteiger partial charge in [0.15, 0.2) is 5.96 Å². The van der Waals surface area contributed by atoms with E-state index in [1.807, 2.05) is 24.4 Å². The molecule has 0 saturated carbocycles. The van der Waals surface area contributed by atoms with Crippen molar-refractivity contribution in [2.45, 2.75) is 39.0 Å². The molecule has 7 heteroatoms. The summed E-state index contributed by atoms with van der Waals surface area (Å²) in [6.07, 6.45) is 4.22. The summed E-state index contributed by atoms with van der Waals surface area (Å²) in [4.78, 5) is 12.2. The van der Waals surface area contributed by atoms with Crippen LogP contribution < -0.4 is 15.4 Å². The molecule has 2 heterocycles. The van der Waals surface area contributed by atoms with Crippen LogP contribution in [0, 0.1) is 6.92 Å². The van der Waals surface area contributed by atoms with Crippen LogP contribution in [0.15, 0.2) is 59.7 Å². The molecule has 1 aliphatic heterocycles. The van der Waals surface area contributed by atoms with Crippen LogP contribution in [-0.4, -0.2) is 42.3 Å². The summed E-state index contributed by atoms with van der Waals surface area (Å²) in [7, 11) is 1.76. The molecule has 1 atom stereocenters. The van der Waals surface area contributed by atoms with Gasteiger partial charge in [-0.1, -0.05) is 42.5 Å². The first-order valence-electron chi connectivity index (χ1n) is 11.1. The molecule has 1 aromatic heterocycles. The van der Waals surface area contributed by atoms with Crippen molar-refractivity contribution in [2.24, 2.45) is 4.99 Å². The van der Waals surface area contributed by atoms with Crippen LogP contribution >= 0.6 is 0 Å². The van der Waals surface area contributed by atoms with E-state index in [0.717, 1.165) is 47.8 Å². The minimum absolute atomic E-state index is 0.194. The highest BCUT2D eigenvalue weighted by molar-refractivity contribution is 5.79. The van der Waals surface area contributed by atoms with Crippen LogP contribution in [0.1, 0.15) is 29.8 Å². The van der Waals surface area contributed by atoms with E-state index in [1.54, 1.807) is 7.05 Å². The number of nitrogens with one attached hydrogen (secondary N) is 3. The van der Waals surface area contributed by atoms with Gasteiger partial charge in [-0.3, -0.25) is 4.99 Å². The molecule has 4 rings (SSSR count). The van der Waals surface area contributed by atoms with Gasteiger partial charge < -0.3 is 25.1 Å². The third-order valence-electron chi connectivity index (χ3n) is 5.48. The summed E-state index contributed by atoms with van der Waals surface area (Å²) < 4.78 is 11.8. The summed E-state index contributed by atoms with van der Waals surface area (Å²) in [6.45, 7) is 4.65. The van der Waals surface area contributed by atoms with Gasteiger partial charge in [-0.2, -0.15) is 0 Å². The van der Waals surface area contributed by atoms with Gasteiger partial charge in [0.1, 0.15) is 18.2 Å². The lowest BCUT2D eigenvalue weighted by atomic mass is 10.1. The molecule has 2 aromatic carbocycles. The fraction of sp³-hybridized carbons (Fsp3) is 0.360. The largest absolute Gasteiger partial charge is 0.491 e. The van der Waals surface area contributed by atoms with Crippen molar-refractivity contribution in [3.8, 4) is 17.0 Å². The average molecular weight is 434 g/mol. The molecule has 3 N–H and O–H groups in total. The van der Waals surface area contributed by atoms with E-state index in [1.165, 1.54) is 5.56 Å². The molecule has 0 spiro atoms. The number of aliphatic imine (C=N–C) groups is 1. The molecule has 0 amide bonds. The maximum atomic E-state index is 6.10. The van der Waals surface area contributed by atoms with Crippen molar-refractivity contribution in [2.75, 3.05) is 20.3 Å². The molecule has 1 aliphatic rings. The van der Waals surface area contributed by atoms with Gasteiger partial charge in [-0.05, 0) is 37.0 Å². The second kappa shape index (κ2) is 10.8. The van der Waals surface area contributed by atoms with Crippen LogP contribution in [0.5, 0.6) is 5.75 Å². The first kappa shape index (κ1) is 21.9. The predicted octanol–water partition coefficient (Wildman–Crippen LogP) is 3.81. The fourth-order valence-corrected chi connectivity index (χ4v) is 3.68. The number of H-pyrrole nitrogens is 1. The van der Waals surface area contributed by atoms with E-state index in [0.29, 0.717) is 25.7 Å². The lowest BCUT2D eigenvalue weighted by molar-refractivity contribution is 0.0676. The van der Waals surface area contributed by atoms with Crippen molar-refractivity contribution >= 4 is 5.96 Å². The molecule has 32 heavy (non-hydrogen) atoms. The number of ether oxygens (including phenoxy) is 2. The number of aryl methyl sites for hydroxylation is 1. The van der Waals surface area contributed by atoms with Crippen molar-refractivity contribution in [1.29, 1.82) is 0 Å². The SMILES string of the molecule is CN=C(NCc1ncc(-c2ccccc2)[nH]1)NCc1ccc(C)cc1OCC1CCCO1. The number of rotatable bonds is 8. The molecular weight excluding hydrogens is 402 g/mol. The number of imidazole rings is 1. The second-order valence-corrected chi connectivity index (χ2v) is 7.95. The minimum atomic E-state index is 0.194. The third-order valence-corrected chi connectivity index (χ3v) is 5.48. The summed E-state index contributed by atoms with van der Waals surface area (Å²) >= 11 is 0. The monoisotopic (exact) mass is 433 g/mol. The summed E-state index contributed by atoms with van der Waals surface area (Å²) in [5.41, 5.74) is 4.37. The number of hydrogen-bond donors (Lipinski definition) is 3. The lowest BCUT2D eigenvalue weighted by Crippen LogP contribution is -2.36. The van der Waals surface area contributed by atoms with Gasteiger partial charge in [0.25, 0.3) is 0 Å². The van der Waals surface area contributed by atoms with E-state index in [2.05, 4.69) is 62.8 Å². The van der Waals surface area contributed by atoms with E-state index in [4.69, 9.17) is 9.47 Å². The Labute approximate surface area is 189 Å². The summed E-state index contributed by atoms with van der Waals surface area (Å²) in [6, 6.07) is 16.4. The Morgan fingerprint density at radius 2 is 2.03 bits per heavy atom. The van der Waals surface area contributed by atoms with E-state index >= 15 is 0 Å². The smallest absolute Gasteiger partial charge is 0.191 e. The Morgan fingerprint density at radius 3 is 2.81 bits per heavy atom. The summed E-state index contributed by atoms with van der Waals surface area (Å²) in [5.74, 6) is 2.44. The molecular formula is C25H31N5O2. The fourth-order valence-electron chi connectivity index (χ4n) is 3.68. The molecule has 0 bridgehead atoms. The van der Waals surface area contributed by atoms with Gasteiger partial charge in [0, 0.05) is 25.8 Å². The summed E-state index contributed by atoms with van der Waals surface area (Å²) in [5, 5.41) is 6.68. The number of guanidine groups is 1. The van der Waals surface area contributed by atoms with Crippen LogP contribution in [0.2, 0.25) is 0 Å². The van der Waals surface area contributed by atoms with Crippen molar-refractivity contribution < 1.29 is 9.47 Å². The number of aromatic amines is 1. The van der Waals surface area contributed by atoms with Crippen LogP contribution in [0.25, 0.3) is 11.3 Å². The zero-order valence-electron chi connectivity index (χ0n) is 18.7. The topological polar surface area (TPSA) is 83.6 Å². The molecule has 0 aliphatic carbocycles. The standard InChI is InChI=1S/C25H31N5O2/c1-18-10-11-20(23(13-18)32-17-21-9-6-12-31-21)14-28-25(26-2)29-16-24-27-15-22(30-24)19-7-4-3-5-8-19/h3-5,7-8,10-11,13,15,21H,6,9,12,14,16-17H2,1-2H3,(H,27,30)(H2,26,28,29). The zero-order valence-corrected chi connectivity index (χ0v) is 18.7. The second-order valence-electron chi connectivity index (χ2n) is 7.95. The maximum Gasteiger partial charge on any atom is 0.191 e. The third kappa shape index (κ3) is 5.88. The number of nitrogens with zero attached hydrogens (tertiary/aromatic N) is 2. The molecule has 3 aromatic rings. The van der Waals surface area contributed by atoms with Crippen LogP contribution in [-0.2, 0) is 17.8 Å². The Kier molecular flexibility index (Phi) is 7.40. The van der Waals surface area contributed by atoms with Crippen LogP contribution in [0.4, 0.5) is 0 Å². The Morgan fingerprint density at radius 1 is 1.19 bits per heavy atom. The quantitative estimate of drug-likeness (QED) is 0.372. The predicted molar refractivity (Wildman–Crippen MR) is 127 cm³/mol. The Balaban J connectivity index is 1.31.